The summed E-state index contributed by atoms with van der Waals surface area (Å²) in [5.41, 5.74) is 0. The molecule has 0 aliphatic carbocycles. The van der Waals surface area contributed by atoms with Crippen LogP contribution in [0.4, 0.5) is 0 Å². The minimum absolute atomic E-state index is 0.0269. The zero-order valence-corrected chi connectivity index (χ0v) is 9.68. The predicted molar refractivity (Wildman–Crippen MR) is 57.9 cm³/mol. The average molecular weight is 286 g/mol. The van der Waals surface area contributed by atoms with Crippen LogP contribution in [0.25, 0.3) is 5.78 Å². The minimum atomic E-state index is -0.435. The number of hydrogen-bond donors (Lipinski definition) is 2. The van der Waals surface area contributed by atoms with E-state index in [0.29, 0.717) is 5.78 Å². The number of aliphatic hydroxyl groups is 1. The SMILES string of the molecule is O=C(NCCO)c1nc2ncc(Br)cn2n1. The lowest BCUT2D eigenvalue weighted by atomic mass is 10.5. The Morgan fingerprint density at radius 1 is 1.62 bits per heavy atom. The van der Waals surface area contributed by atoms with Crippen LogP contribution in [0.5, 0.6) is 0 Å². The van der Waals surface area contributed by atoms with Gasteiger partial charge in [-0.1, -0.05) is 0 Å². The molecule has 1 amide bonds. The summed E-state index contributed by atoms with van der Waals surface area (Å²) in [5, 5.41) is 15.0. The maximum Gasteiger partial charge on any atom is 0.291 e. The van der Waals surface area contributed by atoms with Gasteiger partial charge in [0.2, 0.25) is 5.82 Å². The molecule has 0 saturated heterocycles. The Bertz CT molecular complexity index is 526. The number of carbonyl (C=O) groups is 1. The van der Waals surface area contributed by atoms with Crippen LogP contribution in [0.15, 0.2) is 16.9 Å². The monoisotopic (exact) mass is 285 g/mol. The highest BCUT2D eigenvalue weighted by molar-refractivity contribution is 9.10. The molecule has 2 rings (SSSR count). The van der Waals surface area contributed by atoms with E-state index in [0.717, 1.165) is 4.47 Å². The average Bonchev–Trinajstić information content (AvgIpc) is 2.68. The van der Waals surface area contributed by atoms with Crippen LogP contribution in [-0.2, 0) is 0 Å². The molecule has 0 fully saturated rings. The van der Waals surface area contributed by atoms with Gasteiger partial charge in [0.05, 0.1) is 11.1 Å². The van der Waals surface area contributed by atoms with E-state index in [1.54, 1.807) is 12.4 Å². The van der Waals surface area contributed by atoms with Crippen molar-refractivity contribution < 1.29 is 9.90 Å². The van der Waals surface area contributed by atoms with Gasteiger partial charge in [-0.15, -0.1) is 5.10 Å². The molecule has 2 N–H and O–H groups in total. The Labute approximate surface area is 98.6 Å². The fraction of sp³-hybridized carbons (Fsp3) is 0.250. The molecule has 2 aromatic rings. The van der Waals surface area contributed by atoms with Crippen LogP contribution < -0.4 is 5.32 Å². The number of aromatic nitrogens is 4. The van der Waals surface area contributed by atoms with Gasteiger partial charge in [-0.05, 0) is 15.9 Å². The molecule has 0 aliphatic heterocycles. The molecule has 0 radical (unpaired) electrons. The van der Waals surface area contributed by atoms with Gasteiger partial charge < -0.3 is 10.4 Å². The zero-order chi connectivity index (χ0) is 11.5. The highest BCUT2D eigenvalue weighted by atomic mass is 79.9. The fourth-order valence-corrected chi connectivity index (χ4v) is 1.40. The number of nitrogens with one attached hydrogen (secondary N) is 1. The molecule has 0 aromatic carbocycles. The van der Waals surface area contributed by atoms with Gasteiger partial charge in [0.15, 0.2) is 0 Å². The number of hydrogen-bond acceptors (Lipinski definition) is 5. The van der Waals surface area contributed by atoms with Crippen LogP contribution in [0.1, 0.15) is 10.6 Å². The number of amides is 1. The predicted octanol–water partition coefficient (Wildman–Crippen LogP) is -0.391. The number of carbonyl (C=O) groups excluding carboxylic acids is 1. The van der Waals surface area contributed by atoms with Gasteiger partial charge in [-0.25, -0.2) is 9.50 Å². The molecule has 84 valence electrons. The van der Waals surface area contributed by atoms with Crippen molar-refractivity contribution in [2.75, 3.05) is 13.2 Å². The van der Waals surface area contributed by atoms with E-state index in [9.17, 15) is 4.79 Å². The number of halogens is 1. The molecule has 8 heteroatoms. The van der Waals surface area contributed by atoms with Crippen molar-refractivity contribution in [3.8, 4) is 0 Å². The summed E-state index contributed by atoms with van der Waals surface area (Å²) < 4.78 is 2.14. The number of nitrogens with zero attached hydrogens (tertiary/aromatic N) is 4. The normalized spacial score (nSPS) is 10.6. The van der Waals surface area contributed by atoms with Crippen molar-refractivity contribution in [1.29, 1.82) is 0 Å². The number of fused-ring (bicyclic) bond motifs is 1. The second kappa shape index (κ2) is 4.54. The second-order valence-corrected chi connectivity index (χ2v) is 3.85. The fourth-order valence-electron chi connectivity index (χ4n) is 1.10. The zero-order valence-electron chi connectivity index (χ0n) is 8.09. The molecule has 0 atom stereocenters. The lowest BCUT2D eigenvalue weighted by Gasteiger charge is -1.96. The third-order valence-electron chi connectivity index (χ3n) is 1.76. The lowest BCUT2D eigenvalue weighted by Crippen LogP contribution is -2.27. The summed E-state index contributed by atoms with van der Waals surface area (Å²) in [6.07, 6.45) is 3.22. The third-order valence-corrected chi connectivity index (χ3v) is 2.17. The Morgan fingerprint density at radius 3 is 3.19 bits per heavy atom. The first-order valence-corrected chi connectivity index (χ1v) is 5.27. The standard InChI is InChI=1S/C8H8BrN5O2/c9-5-3-11-8-12-6(13-14(8)4-5)7(16)10-1-2-15/h3-4,15H,1-2H2,(H,10,16). The Kier molecular flexibility index (Phi) is 3.11. The van der Waals surface area contributed by atoms with E-state index in [1.807, 2.05) is 0 Å². The van der Waals surface area contributed by atoms with Gasteiger partial charge in [0.25, 0.3) is 11.7 Å². The molecule has 0 spiro atoms. The first kappa shape index (κ1) is 11.0. The molecule has 2 aromatic heterocycles. The van der Waals surface area contributed by atoms with Crippen LogP contribution in [0.2, 0.25) is 0 Å². The second-order valence-electron chi connectivity index (χ2n) is 2.93. The topological polar surface area (TPSA) is 92.4 Å². The van der Waals surface area contributed by atoms with Crippen molar-refractivity contribution in [3.05, 3.63) is 22.7 Å². The van der Waals surface area contributed by atoms with Crippen molar-refractivity contribution in [3.63, 3.8) is 0 Å². The van der Waals surface area contributed by atoms with Crippen molar-refractivity contribution in [2.24, 2.45) is 0 Å². The molecule has 16 heavy (non-hydrogen) atoms. The van der Waals surface area contributed by atoms with Crippen molar-refractivity contribution >= 4 is 27.6 Å². The van der Waals surface area contributed by atoms with Gasteiger partial charge in [-0.3, -0.25) is 4.79 Å². The third kappa shape index (κ3) is 2.17. The van der Waals surface area contributed by atoms with Crippen molar-refractivity contribution in [1.82, 2.24) is 24.9 Å². The first-order chi connectivity index (χ1) is 7.70. The summed E-state index contributed by atoms with van der Waals surface area (Å²) in [7, 11) is 0. The highest BCUT2D eigenvalue weighted by Gasteiger charge is 2.12. The molecule has 7 nitrogen and oxygen atoms in total. The Hall–Kier alpha value is -1.54. The molecule has 0 saturated carbocycles. The summed E-state index contributed by atoms with van der Waals surface area (Å²) in [5.74, 6) is -0.0629. The van der Waals surface area contributed by atoms with Gasteiger partial charge in [0.1, 0.15) is 0 Å². The first-order valence-electron chi connectivity index (χ1n) is 4.47. The van der Waals surface area contributed by atoms with E-state index >= 15 is 0 Å². The quantitative estimate of drug-likeness (QED) is 0.801. The van der Waals surface area contributed by atoms with Gasteiger partial charge in [-0.2, -0.15) is 4.98 Å². The summed E-state index contributed by atoms with van der Waals surface area (Å²) in [6.45, 7) is 0.0500. The van der Waals surface area contributed by atoms with Crippen LogP contribution in [0.3, 0.4) is 0 Å². The van der Waals surface area contributed by atoms with Gasteiger partial charge >= 0.3 is 0 Å². The minimum Gasteiger partial charge on any atom is -0.395 e. The van der Waals surface area contributed by atoms with Crippen LogP contribution >= 0.6 is 15.9 Å². The molecule has 2 heterocycles. The molecule has 0 bridgehead atoms. The largest absolute Gasteiger partial charge is 0.395 e. The smallest absolute Gasteiger partial charge is 0.291 e. The number of rotatable bonds is 3. The molecule has 0 aliphatic rings. The Morgan fingerprint density at radius 2 is 2.44 bits per heavy atom. The highest BCUT2D eigenvalue weighted by Crippen LogP contribution is 2.07. The molecule has 0 unspecified atom stereocenters. The maximum absolute atomic E-state index is 11.5. The van der Waals surface area contributed by atoms with Crippen LogP contribution in [0, 0.1) is 0 Å². The van der Waals surface area contributed by atoms with E-state index in [2.05, 4.69) is 36.3 Å². The maximum atomic E-state index is 11.5. The molecular formula is C8H8BrN5O2. The van der Waals surface area contributed by atoms with E-state index in [4.69, 9.17) is 5.11 Å². The number of aliphatic hydroxyl groups excluding tert-OH is 1. The van der Waals surface area contributed by atoms with Crippen LogP contribution in [-0.4, -0.2) is 43.7 Å². The summed E-state index contributed by atoms with van der Waals surface area (Å²) in [6, 6.07) is 0. The van der Waals surface area contributed by atoms with Crippen molar-refractivity contribution in [2.45, 2.75) is 0 Å². The summed E-state index contributed by atoms with van der Waals surface area (Å²) >= 11 is 3.24. The lowest BCUT2D eigenvalue weighted by molar-refractivity contribution is 0.0934. The van der Waals surface area contributed by atoms with E-state index in [-0.39, 0.29) is 19.0 Å². The van der Waals surface area contributed by atoms with Gasteiger partial charge in [0, 0.05) is 18.9 Å². The summed E-state index contributed by atoms with van der Waals surface area (Å²) in [4.78, 5) is 19.4. The molecular weight excluding hydrogens is 278 g/mol. The van der Waals surface area contributed by atoms with E-state index < -0.39 is 5.91 Å². The Balaban J connectivity index is 2.28. The van der Waals surface area contributed by atoms with E-state index in [1.165, 1.54) is 4.52 Å².